The number of rotatable bonds is 10. The molecule has 1 saturated heterocycles. The first-order chi connectivity index (χ1) is 15.4. The van der Waals surface area contributed by atoms with E-state index in [1.54, 1.807) is 12.1 Å². The lowest BCUT2D eigenvalue weighted by molar-refractivity contribution is -0.140. The molecule has 0 spiro atoms. The summed E-state index contributed by atoms with van der Waals surface area (Å²) in [5, 5.41) is 2.82. The number of primary amides is 1. The van der Waals surface area contributed by atoms with Crippen LogP contribution < -0.4 is 11.1 Å². The second-order valence-corrected chi connectivity index (χ2v) is 7.86. The molecule has 1 heterocycles. The van der Waals surface area contributed by atoms with E-state index in [4.69, 9.17) is 5.73 Å². The number of amides is 5. The second kappa shape index (κ2) is 10.1. The molecule has 1 aliphatic rings. The van der Waals surface area contributed by atoms with Crippen LogP contribution in [0.4, 0.5) is 4.79 Å². The van der Waals surface area contributed by atoms with E-state index < -0.39 is 35.8 Å². The molecule has 1 fully saturated rings. The van der Waals surface area contributed by atoms with Crippen LogP contribution in [0.2, 0.25) is 0 Å². The van der Waals surface area contributed by atoms with Gasteiger partial charge in [-0.2, -0.15) is 0 Å². The quantitative estimate of drug-likeness (QED) is 0.556. The van der Waals surface area contributed by atoms with Crippen LogP contribution in [-0.4, -0.2) is 46.6 Å². The first kappa shape index (κ1) is 23.0. The average molecular weight is 437 g/mol. The lowest BCUT2D eigenvalue weighted by atomic mass is 9.85. The lowest BCUT2D eigenvalue weighted by Gasteiger charge is -2.27. The maximum Gasteiger partial charge on any atom is 0.325 e. The van der Waals surface area contributed by atoms with Gasteiger partial charge in [-0.1, -0.05) is 74.0 Å². The summed E-state index contributed by atoms with van der Waals surface area (Å²) < 4.78 is 0. The first-order valence-corrected chi connectivity index (χ1v) is 10.7. The molecular weight excluding hydrogens is 408 g/mol. The Morgan fingerprint density at radius 1 is 1.03 bits per heavy atom. The Kier molecular flexibility index (Phi) is 7.25. The minimum absolute atomic E-state index is 0.0114. The first-order valence-electron chi connectivity index (χ1n) is 10.7. The molecule has 0 bridgehead atoms. The average Bonchev–Trinajstić information content (AvgIpc) is 3.03. The predicted molar refractivity (Wildman–Crippen MR) is 119 cm³/mol. The van der Waals surface area contributed by atoms with Gasteiger partial charge in [0.05, 0.1) is 0 Å². The Morgan fingerprint density at radius 2 is 1.66 bits per heavy atom. The highest BCUT2D eigenvalue weighted by Crippen LogP contribution is 2.33. The standard InChI is InChI=1S/C24H28N4O4/c1-2-14-24(19-11-7-4-8-12-19)22(31)28(23(32)26-24)17-21(30)27(15-13-20(25)29)16-18-9-5-3-6-10-18/h3-12H,2,13-17H2,1H3,(H2,25,29)(H,26,32). The molecule has 0 saturated carbocycles. The maximum absolute atomic E-state index is 13.4. The van der Waals surface area contributed by atoms with Gasteiger partial charge in [0.15, 0.2) is 0 Å². The van der Waals surface area contributed by atoms with Crippen LogP contribution in [0.3, 0.4) is 0 Å². The predicted octanol–water partition coefficient (Wildman–Crippen LogP) is 2.14. The van der Waals surface area contributed by atoms with E-state index in [1.807, 2.05) is 55.5 Å². The molecule has 2 aromatic carbocycles. The second-order valence-electron chi connectivity index (χ2n) is 7.86. The molecule has 8 heteroatoms. The summed E-state index contributed by atoms with van der Waals surface area (Å²) in [5.41, 5.74) is 5.63. The molecule has 8 nitrogen and oxygen atoms in total. The number of urea groups is 1. The minimum atomic E-state index is -1.19. The van der Waals surface area contributed by atoms with E-state index in [0.29, 0.717) is 18.4 Å². The fourth-order valence-electron chi connectivity index (χ4n) is 3.95. The Morgan fingerprint density at radius 3 is 2.25 bits per heavy atom. The summed E-state index contributed by atoms with van der Waals surface area (Å²) in [5.74, 6) is -1.41. The van der Waals surface area contributed by atoms with Gasteiger partial charge in [-0.25, -0.2) is 4.79 Å². The van der Waals surface area contributed by atoms with Crippen LogP contribution in [-0.2, 0) is 26.5 Å². The third kappa shape index (κ3) is 4.96. The SMILES string of the molecule is CCCC1(c2ccccc2)NC(=O)N(CC(=O)N(CCC(N)=O)Cc2ccccc2)C1=O. The summed E-state index contributed by atoms with van der Waals surface area (Å²) >= 11 is 0. The number of carbonyl (C=O) groups is 4. The minimum Gasteiger partial charge on any atom is -0.370 e. The third-order valence-electron chi connectivity index (χ3n) is 5.56. The summed E-state index contributed by atoms with van der Waals surface area (Å²) in [7, 11) is 0. The van der Waals surface area contributed by atoms with Crippen LogP contribution in [0.25, 0.3) is 0 Å². The van der Waals surface area contributed by atoms with E-state index in [0.717, 1.165) is 10.5 Å². The molecule has 2 aromatic rings. The van der Waals surface area contributed by atoms with Crippen LogP contribution >= 0.6 is 0 Å². The molecule has 32 heavy (non-hydrogen) atoms. The van der Waals surface area contributed by atoms with Crippen LogP contribution in [0.1, 0.15) is 37.3 Å². The van der Waals surface area contributed by atoms with Crippen molar-refractivity contribution in [2.75, 3.05) is 13.1 Å². The number of nitrogens with two attached hydrogens (primary N) is 1. The molecule has 1 aliphatic heterocycles. The van der Waals surface area contributed by atoms with E-state index in [9.17, 15) is 19.2 Å². The third-order valence-corrected chi connectivity index (χ3v) is 5.56. The summed E-state index contributed by atoms with van der Waals surface area (Å²) in [6.45, 7) is 1.87. The molecule has 1 unspecified atom stereocenters. The van der Waals surface area contributed by atoms with Gasteiger partial charge >= 0.3 is 6.03 Å². The Labute approximate surface area is 187 Å². The van der Waals surface area contributed by atoms with Crippen molar-refractivity contribution >= 4 is 23.8 Å². The number of hydrogen-bond donors (Lipinski definition) is 2. The fraction of sp³-hybridized carbons (Fsp3) is 0.333. The zero-order valence-corrected chi connectivity index (χ0v) is 18.1. The number of nitrogens with zero attached hydrogens (tertiary/aromatic N) is 2. The molecule has 3 N–H and O–H groups in total. The number of carbonyl (C=O) groups excluding carboxylic acids is 4. The molecule has 5 amide bonds. The summed E-state index contributed by atoms with van der Waals surface area (Å²) in [4.78, 5) is 53.0. The van der Waals surface area contributed by atoms with Gasteiger partial charge < -0.3 is 16.0 Å². The van der Waals surface area contributed by atoms with E-state index in [2.05, 4.69) is 5.32 Å². The Hall–Kier alpha value is -3.68. The molecule has 0 radical (unpaired) electrons. The van der Waals surface area contributed by atoms with Crippen molar-refractivity contribution in [1.29, 1.82) is 0 Å². The number of hydrogen-bond acceptors (Lipinski definition) is 4. The highest BCUT2D eigenvalue weighted by Gasteiger charge is 2.52. The molecule has 0 aliphatic carbocycles. The highest BCUT2D eigenvalue weighted by molar-refractivity contribution is 6.09. The number of benzene rings is 2. The highest BCUT2D eigenvalue weighted by atomic mass is 16.2. The maximum atomic E-state index is 13.4. The molecule has 3 rings (SSSR count). The Balaban J connectivity index is 1.81. The van der Waals surface area contributed by atoms with Gasteiger partial charge in [-0.3, -0.25) is 19.3 Å². The van der Waals surface area contributed by atoms with Crippen LogP contribution in [0.5, 0.6) is 0 Å². The van der Waals surface area contributed by atoms with E-state index >= 15 is 0 Å². The molecule has 168 valence electrons. The van der Waals surface area contributed by atoms with Gasteiger partial charge in [-0.05, 0) is 17.5 Å². The van der Waals surface area contributed by atoms with Gasteiger partial charge in [0.2, 0.25) is 11.8 Å². The van der Waals surface area contributed by atoms with Crippen molar-refractivity contribution in [2.45, 2.75) is 38.3 Å². The monoisotopic (exact) mass is 436 g/mol. The van der Waals surface area contributed by atoms with Gasteiger partial charge in [-0.15, -0.1) is 0 Å². The smallest absolute Gasteiger partial charge is 0.325 e. The van der Waals surface area contributed by atoms with Crippen molar-refractivity contribution in [3.8, 4) is 0 Å². The van der Waals surface area contributed by atoms with Gasteiger partial charge in [0, 0.05) is 19.5 Å². The van der Waals surface area contributed by atoms with Crippen molar-refractivity contribution in [1.82, 2.24) is 15.1 Å². The summed E-state index contributed by atoms with van der Waals surface area (Å²) in [6, 6.07) is 17.7. The fourth-order valence-corrected chi connectivity index (χ4v) is 3.95. The van der Waals surface area contributed by atoms with Crippen molar-refractivity contribution in [2.24, 2.45) is 5.73 Å². The normalized spacial score (nSPS) is 17.8. The van der Waals surface area contributed by atoms with Crippen molar-refractivity contribution < 1.29 is 19.2 Å². The Bertz CT molecular complexity index is 980. The summed E-state index contributed by atoms with van der Waals surface area (Å²) in [6.07, 6.45) is 1.08. The van der Waals surface area contributed by atoms with Crippen molar-refractivity contribution in [3.63, 3.8) is 0 Å². The van der Waals surface area contributed by atoms with E-state index in [-0.39, 0.29) is 19.5 Å². The lowest BCUT2D eigenvalue weighted by Crippen LogP contribution is -2.46. The zero-order valence-electron chi connectivity index (χ0n) is 18.1. The van der Waals surface area contributed by atoms with Crippen LogP contribution in [0.15, 0.2) is 60.7 Å². The number of nitrogens with one attached hydrogen (secondary N) is 1. The molecule has 1 atom stereocenters. The topological polar surface area (TPSA) is 113 Å². The van der Waals surface area contributed by atoms with E-state index in [1.165, 1.54) is 4.90 Å². The number of imide groups is 1. The molecule has 0 aromatic heterocycles. The molecular formula is C24H28N4O4. The van der Waals surface area contributed by atoms with Crippen molar-refractivity contribution in [3.05, 3.63) is 71.8 Å². The van der Waals surface area contributed by atoms with Gasteiger partial charge in [0.1, 0.15) is 12.1 Å². The largest absolute Gasteiger partial charge is 0.370 e. The zero-order chi connectivity index (χ0) is 23.1. The van der Waals surface area contributed by atoms with Crippen LogP contribution in [0, 0.1) is 0 Å². The van der Waals surface area contributed by atoms with Gasteiger partial charge in [0.25, 0.3) is 5.91 Å².